The molecule has 0 saturated carbocycles. The molecule has 31 heavy (non-hydrogen) atoms. The molecule has 0 atom stereocenters. The second-order valence-electron chi connectivity index (χ2n) is 7.17. The van der Waals surface area contributed by atoms with Crippen molar-refractivity contribution < 1.29 is 19.1 Å². The van der Waals surface area contributed by atoms with Gasteiger partial charge < -0.3 is 15.4 Å². The summed E-state index contributed by atoms with van der Waals surface area (Å²) in [4.78, 5) is 35.2. The number of nitrogens with zero attached hydrogens (tertiary/aromatic N) is 1. The van der Waals surface area contributed by atoms with E-state index in [0.717, 1.165) is 5.56 Å². The Morgan fingerprint density at radius 3 is 2.45 bits per heavy atom. The van der Waals surface area contributed by atoms with Crippen LogP contribution in [0.1, 0.15) is 25.0 Å². The minimum Gasteiger partial charge on any atom is -0.484 e. The first-order chi connectivity index (χ1) is 14.7. The number of carbonyl (C=O) groups excluding carboxylic acids is 3. The van der Waals surface area contributed by atoms with Gasteiger partial charge in [0, 0.05) is 17.3 Å². The summed E-state index contributed by atoms with van der Waals surface area (Å²) < 4.78 is 5.46. The number of ether oxygens (including phenoxy) is 1. The van der Waals surface area contributed by atoms with Crippen molar-refractivity contribution in [3.63, 3.8) is 0 Å². The minimum absolute atomic E-state index is 0.166. The number of hydrogen-bond donors (Lipinski definition) is 3. The largest absolute Gasteiger partial charge is 0.484 e. The van der Waals surface area contributed by atoms with Crippen LogP contribution in [0, 0.1) is 12.8 Å². The number of halogens is 1. The van der Waals surface area contributed by atoms with Crippen LogP contribution in [0.2, 0.25) is 5.02 Å². The monoisotopic (exact) mass is 444 g/mol. The van der Waals surface area contributed by atoms with E-state index in [2.05, 4.69) is 21.2 Å². The zero-order valence-corrected chi connectivity index (χ0v) is 18.3. The third-order valence-corrected chi connectivity index (χ3v) is 4.37. The number of benzene rings is 2. The van der Waals surface area contributed by atoms with Gasteiger partial charge in [-0.05, 0) is 60.4 Å². The lowest BCUT2D eigenvalue weighted by molar-refractivity contribution is -0.139. The van der Waals surface area contributed by atoms with Gasteiger partial charge in [0.2, 0.25) is 0 Å². The van der Waals surface area contributed by atoms with Crippen LogP contribution in [0.3, 0.4) is 0 Å². The first-order valence-corrected chi connectivity index (χ1v) is 10.0. The third-order valence-electron chi connectivity index (χ3n) is 3.96. The van der Waals surface area contributed by atoms with Gasteiger partial charge >= 0.3 is 11.8 Å². The molecule has 0 aromatic heterocycles. The maximum atomic E-state index is 12.0. The highest BCUT2D eigenvalue weighted by Crippen LogP contribution is 2.20. The van der Waals surface area contributed by atoms with E-state index in [4.69, 9.17) is 16.3 Å². The first kappa shape index (κ1) is 23.9. The first-order valence-electron chi connectivity index (χ1n) is 9.64. The van der Waals surface area contributed by atoms with Gasteiger partial charge in [-0.25, -0.2) is 5.43 Å². The number of nitrogens with one attached hydrogen (secondary N) is 3. The Morgan fingerprint density at radius 2 is 1.81 bits per heavy atom. The SMILES string of the molecule is Cc1ccc(NC(=O)COc2ccc(/C=N\NC(=O)C(=O)NCC(C)C)cc2)cc1Cl. The lowest BCUT2D eigenvalue weighted by Gasteiger charge is -2.09. The van der Waals surface area contributed by atoms with Gasteiger partial charge in [-0.1, -0.05) is 31.5 Å². The Bertz CT molecular complexity index is 958. The molecule has 0 aliphatic rings. The van der Waals surface area contributed by atoms with Gasteiger partial charge in [-0.15, -0.1) is 0 Å². The molecule has 0 bridgehead atoms. The molecule has 2 aromatic rings. The van der Waals surface area contributed by atoms with Crippen LogP contribution < -0.4 is 20.8 Å². The molecule has 2 rings (SSSR count). The van der Waals surface area contributed by atoms with Crippen molar-refractivity contribution in [1.82, 2.24) is 10.7 Å². The number of hydrazone groups is 1. The van der Waals surface area contributed by atoms with Gasteiger partial charge in [0.1, 0.15) is 5.75 Å². The molecule has 3 amide bonds. The zero-order valence-electron chi connectivity index (χ0n) is 17.6. The zero-order chi connectivity index (χ0) is 22.8. The highest BCUT2D eigenvalue weighted by molar-refractivity contribution is 6.35. The molecule has 0 heterocycles. The van der Waals surface area contributed by atoms with Crippen molar-refractivity contribution in [2.45, 2.75) is 20.8 Å². The van der Waals surface area contributed by atoms with E-state index in [1.807, 2.05) is 26.8 Å². The second kappa shape index (κ2) is 11.7. The molecule has 0 saturated heterocycles. The highest BCUT2D eigenvalue weighted by Gasteiger charge is 2.12. The number of rotatable bonds is 8. The van der Waals surface area contributed by atoms with Crippen molar-refractivity contribution in [2.75, 3.05) is 18.5 Å². The molecule has 2 aromatic carbocycles. The lowest BCUT2D eigenvalue weighted by atomic mass is 10.2. The van der Waals surface area contributed by atoms with Crippen LogP contribution in [-0.4, -0.2) is 37.1 Å². The van der Waals surface area contributed by atoms with E-state index in [9.17, 15) is 14.4 Å². The molecule has 0 spiro atoms. The van der Waals surface area contributed by atoms with Crippen LogP contribution in [0.25, 0.3) is 0 Å². The van der Waals surface area contributed by atoms with Gasteiger partial charge in [0.15, 0.2) is 6.61 Å². The van der Waals surface area contributed by atoms with E-state index in [-0.39, 0.29) is 18.4 Å². The molecule has 164 valence electrons. The summed E-state index contributed by atoms with van der Waals surface area (Å²) in [5, 5.41) is 9.54. The summed E-state index contributed by atoms with van der Waals surface area (Å²) in [6, 6.07) is 12.0. The molecular formula is C22H25ClN4O4. The predicted octanol–water partition coefficient (Wildman–Crippen LogP) is 2.89. The Kier molecular flexibility index (Phi) is 9.02. The normalized spacial score (nSPS) is 10.7. The number of carbonyl (C=O) groups is 3. The Balaban J connectivity index is 1.77. The maximum Gasteiger partial charge on any atom is 0.329 e. The van der Waals surface area contributed by atoms with Gasteiger partial charge in [-0.2, -0.15) is 5.10 Å². The highest BCUT2D eigenvalue weighted by atomic mass is 35.5. The summed E-state index contributed by atoms with van der Waals surface area (Å²) in [7, 11) is 0. The molecule has 0 fully saturated rings. The molecule has 3 N–H and O–H groups in total. The van der Waals surface area contributed by atoms with Crippen molar-refractivity contribution in [3.05, 3.63) is 58.6 Å². The molecule has 0 unspecified atom stereocenters. The minimum atomic E-state index is -0.835. The fraction of sp³-hybridized carbons (Fsp3) is 0.273. The predicted molar refractivity (Wildman–Crippen MR) is 120 cm³/mol. The molecule has 9 heteroatoms. The molecule has 0 radical (unpaired) electrons. The maximum absolute atomic E-state index is 12.0. The Morgan fingerprint density at radius 1 is 1.10 bits per heavy atom. The number of aryl methyl sites for hydroxylation is 1. The smallest absolute Gasteiger partial charge is 0.329 e. The fourth-order valence-electron chi connectivity index (χ4n) is 2.26. The summed E-state index contributed by atoms with van der Waals surface area (Å²) in [5.41, 5.74) is 4.36. The van der Waals surface area contributed by atoms with Gasteiger partial charge in [0.05, 0.1) is 6.21 Å². The van der Waals surface area contributed by atoms with Crippen molar-refractivity contribution >= 4 is 41.2 Å². The summed E-state index contributed by atoms with van der Waals surface area (Å²) in [6.45, 7) is 5.98. The van der Waals surface area contributed by atoms with Crippen molar-refractivity contribution in [2.24, 2.45) is 11.0 Å². The number of amides is 3. The average molecular weight is 445 g/mol. The van der Waals surface area contributed by atoms with Crippen molar-refractivity contribution in [1.29, 1.82) is 0 Å². The second-order valence-corrected chi connectivity index (χ2v) is 7.58. The molecule has 8 nitrogen and oxygen atoms in total. The van der Waals surface area contributed by atoms with Crippen LogP contribution in [0.15, 0.2) is 47.6 Å². The van der Waals surface area contributed by atoms with Crippen LogP contribution in [0.5, 0.6) is 5.75 Å². The molecule has 0 aliphatic carbocycles. The standard InChI is InChI=1S/C22H25ClN4O4/c1-14(2)11-24-21(29)22(30)27-25-12-16-5-8-18(9-6-16)31-13-20(28)26-17-7-4-15(3)19(23)10-17/h4-10,12,14H,11,13H2,1-3H3,(H,24,29)(H,26,28)(H,27,30)/b25-12-. The van der Waals surface area contributed by atoms with E-state index in [1.54, 1.807) is 36.4 Å². The van der Waals surface area contributed by atoms with Crippen molar-refractivity contribution in [3.8, 4) is 5.75 Å². The summed E-state index contributed by atoms with van der Waals surface area (Å²) in [5.74, 6) is -1.15. The molecule has 0 aliphatic heterocycles. The fourth-order valence-corrected chi connectivity index (χ4v) is 2.44. The molecular weight excluding hydrogens is 420 g/mol. The Hall–Kier alpha value is -3.39. The van der Waals surface area contributed by atoms with Crippen LogP contribution in [-0.2, 0) is 14.4 Å². The van der Waals surface area contributed by atoms with E-state index < -0.39 is 11.8 Å². The van der Waals surface area contributed by atoms with Gasteiger partial charge in [0.25, 0.3) is 5.91 Å². The van der Waals surface area contributed by atoms with E-state index in [1.165, 1.54) is 6.21 Å². The summed E-state index contributed by atoms with van der Waals surface area (Å²) in [6.07, 6.45) is 1.39. The Labute approximate surface area is 186 Å². The topological polar surface area (TPSA) is 109 Å². The van der Waals surface area contributed by atoms with Gasteiger partial charge in [-0.3, -0.25) is 14.4 Å². The van der Waals surface area contributed by atoms with E-state index >= 15 is 0 Å². The average Bonchev–Trinajstić information content (AvgIpc) is 2.74. The van der Waals surface area contributed by atoms with E-state index in [0.29, 0.717) is 28.6 Å². The van der Waals surface area contributed by atoms with Crippen LogP contribution >= 0.6 is 11.6 Å². The number of hydrogen-bond acceptors (Lipinski definition) is 5. The number of anilines is 1. The summed E-state index contributed by atoms with van der Waals surface area (Å²) >= 11 is 6.04. The van der Waals surface area contributed by atoms with Crippen LogP contribution in [0.4, 0.5) is 5.69 Å². The lowest BCUT2D eigenvalue weighted by Crippen LogP contribution is -2.39. The third kappa shape index (κ3) is 8.47. The quantitative estimate of drug-likeness (QED) is 0.330.